The van der Waals surface area contributed by atoms with E-state index < -0.39 is 0 Å². The molecule has 0 aliphatic carbocycles. The van der Waals surface area contributed by atoms with Gasteiger partial charge in [0, 0.05) is 44.6 Å². The molecule has 24 heavy (non-hydrogen) atoms. The third kappa shape index (κ3) is 2.45. The highest BCUT2D eigenvalue weighted by Crippen LogP contribution is 2.29. The van der Waals surface area contributed by atoms with Gasteiger partial charge < -0.3 is 14.4 Å². The number of carbonyl (C=O) groups is 1. The van der Waals surface area contributed by atoms with Crippen LogP contribution in [0.25, 0.3) is 10.2 Å². The molecule has 1 aliphatic rings. The van der Waals surface area contributed by atoms with Gasteiger partial charge in [-0.15, -0.1) is 0 Å². The molecule has 124 valence electrons. The number of carbonyl (C=O) groups excluding carboxylic acids is 1. The Morgan fingerprint density at radius 1 is 1.29 bits per heavy atom. The van der Waals surface area contributed by atoms with E-state index in [0.29, 0.717) is 18.7 Å². The number of nitrogens with zero attached hydrogens (tertiary/aromatic N) is 5. The first kappa shape index (κ1) is 15.1. The molecular formula is C17H19N5OS. The van der Waals surface area contributed by atoms with Crippen LogP contribution in [0.2, 0.25) is 0 Å². The molecule has 1 aromatic carbocycles. The molecule has 2 aromatic heterocycles. The van der Waals surface area contributed by atoms with Gasteiger partial charge in [0.25, 0.3) is 5.91 Å². The molecule has 7 heteroatoms. The third-order valence-electron chi connectivity index (χ3n) is 4.36. The van der Waals surface area contributed by atoms with Crippen molar-refractivity contribution in [2.24, 2.45) is 0 Å². The molecule has 0 bridgehead atoms. The van der Waals surface area contributed by atoms with Crippen molar-refractivity contribution >= 4 is 32.6 Å². The van der Waals surface area contributed by atoms with Crippen LogP contribution in [0.15, 0.2) is 24.4 Å². The highest BCUT2D eigenvalue weighted by Gasteiger charge is 2.23. The number of benzene rings is 1. The van der Waals surface area contributed by atoms with Crippen LogP contribution in [0.1, 0.15) is 21.9 Å². The van der Waals surface area contributed by atoms with E-state index in [9.17, 15) is 4.79 Å². The number of rotatable bonds is 2. The van der Waals surface area contributed by atoms with Crippen molar-refractivity contribution in [3.05, 3.63) is 41.5 Å². The highest BCUT2D eigenvalue weighted by atomic mass is 32.1. The lowest BCUT2D eigenvalue weighted by atomic mass is 10.1. The number of anilines is 1. The predicted octanol–water partition coefficient (Wildman–Crippen LogP) is 2.52. The van der Waals surface area contributed by atoms with Gasteiger partial charge in [0.05, 0.1) is 16.8 Å². The minimum atomic E-state index is 0.0589. The summed E-state index contributed by atoms with van der Waals surface area (Å²) in [5.41, 5.74) is 2.80. The molecule has 0 unspecified atom stereocenters. The molecule has 1 aliphatic heterocycles. The van der Waals surface area contributed by atoms with Gasteiger partial charge in [-0.05, 0) is 25.1 Å². The fourth-order valence-corrected chi connectivity index (χ4v) is 3.93. The molecule has 3 aromatic rings. The van der Waals surface area contributed by atoms with Crippen LogP contribution in [0, 0.1) is 6.92 Å². The zero-order chi connectivity index (χ0) is 16.8. The van der Waals surface area contributed by atoms with Crippen LogP contribution < -0.4 is 4.90 Å². The first-order valence-electron chi connectivity index (χ1n) is 7.91. The van der Waals surface area contributed by atoms with Crippen molar-refractivity contribution in [3.8, 4) is 0 Å². The quantitative estimate of drug-likeness (QED) is 0.719. The molecule has 3 heterocycles. The van der Waals surface area contributed by atoms with E-state index in [1.807, 2.05) is 55.2 Å². The average Bonchev–Trinajstić information content (AvgIpc) is 3.17. The molecule has 0 N–H and O–H groups in total. The summed E-state index contributed by atoms with van der Waals surface area (Å²) in [5, 5.41) is 0.949. The molecule has 0 saturated carbocycles. The zero-order valence-electron chi connectivity index (χ0n) is 14.0. The van der Waals surface area contributed by atoms with E-state index in [1.165, 1.54) is 0 Å². The van der Waals surface area contributed by atoms with Crippen molar-refractivity contribution < 1.29 is 4.79 Å². The van der Waals surface area contributed by atoms with E-state index in [-0.39, 0.29) is 5.91 Å². The zero-order valence-corrected chi connectivity index (χ0v) is 14.8. The van der Waals surface area contributed by atoms with Crippen molar-refractivity contribution in [2.45, 2.75) is 20.0 Å². The van der Waals surface area contributed by atoms with Crippen LogP contribution >= 0.6 is 11.3 Å². The van der Waals surface area contributed by atoms with E-state index in [1.54, 1.807) is 11.3 Å². The van der Waals surface area contributed by atoms with Gasteiger partial charge in [0.1, 0.15) is 5.82 Å². The monoisotopic (exact) mass is 341 g/mol. The van der Waals surface area contributed by atoms with Gasteiger partial charge in [-0.2, -0.15) is 0 Å². The first-order chi connectivity index (χ1) is 11.5. The second kappa shape index (κ2) is 5.59. The maximum Gasteiger partial charge on any atom is 0.254 e. The third-order valence-corrected chi connectivity index (χ3v) is 5.54. The second-order valence-electron chi connectivity index (χ2n) is 6.27. The standard InChI is InChI=1S/C17H19N5OS/c1-11-9-18-15-10-21(6-7-22(11)15)16(23)12-4-5-13-14(8-12)24-17(19-13)20(2)3/h4-5,8-9H,6-7,10H2,1-3H3. The Bertz CT molecular complexity index is 926. The van der Waals surface area contributed by atoms with E-state index >= 15 is 0 Å². The Morgan fingerprint density at radius 3 is 2.92 bits per heavy atom. The Kier molecular flexibility index (Phi) is 3.53. The molecule has 0 fully saturated rings. The Balaban J connectivity index is 1.61. The largest absolute Gasteiger partial charge is 0.354 e. The summed E-state index contributed by atoms with van der Waals surface area (Å²) in [6, 6.07) is 5.76. The number of fused-ring (bicyclic) bond motifs is 2. The average molecular weight is 341 g/mol. The molecule has 1 amide bonds. The van der Waals surface area contributed by atoms with Gasteiger partial charge in [0.15, 0.2) is 5.13 Å². The normalized spacial score (nSPS) is 14.0. The van der Waals surface area contributed by atoms with Gasteiger partial charge in [-0.1, -0.05) is 11.3 Å². The number of aromatic nitrogens is 3. The molecule has 0 saturated heterocycles. The number of amides is 1. The van der Waals surface area contributed by atoms with E-state index in [0.717, 1.165) is 33.4 Å². The van der Waals surface area contributed by atoms with Gasteiger partial charge in [-0.3, -0.25) is 4.79 Å². The molecule has 4 rings (SSSR count). The summed E-state index contributed by atoms with van der Waals surface area (Å²) in [7, 11) is 3.95. The molecule has 0 atom stereocenters. The summed E-state index contributed by atoms with van der Waals surface area (Å²) in [5.74, 6) is 1.02. The maximum atomic E-state index is 12.9. The van der Waals surface area contributed by atoms with Crippen molar-refractivity contribution in [3.63, 3.8) is 0 Å². The van der Waals surface area contributed by atoms with Crippen molar-refractivity contribution in [1.82, 2.24) is 19.4 Å². The van der Waals surface area contributed by atoms with Crippen LogP contribution in [0.4, 0.5) is 5.13 Å². The smallest absolute Gasteiger partial charge is 0.254 e. The van der Waals surface area contributed by atoms with Crippen LogP contribution in [0.5, 0.6) is 0 Å². The van der Waals surface area contributed by atoms with Crippen LogP contribution in [0.3, 0.4) is 0 Å². The van der Waals surface area contributed by atoms with Gasteiger partial charge >= 0.3 is 0 Å². The van der Waals surface area contributed by atoms with Gasteiger partial charge in [-0.25, -0.2) is 9.97 Å². The number of aryl methyl sites for hydroxylation is 1. The summed E-state index contributed by atoms with van der Waals surface area (Å²) in [4.78, 5) is 25.7. The summed E-state index contributed by atoms with van der Waals surface area (Å²) >= 11 is 1.60. The van der Waals surface area contributed by atoms with Crippen LogP contribution in [-0.4, -0.2) is 46.0 Å². The maximum absolute atomic E-state index is 12.9. The topological polar surface area (TPSA) is 54.3 Å². The molecule has 0 radical (unpaired) electrons. The van der Waals surface area contributed by atoms with Gasteiger partial charge in [0.2, 0.25) is 0 Å². The summed E-state index contributed by atoms with van der Waals surface area (Å²) in [6.45, 7) is 4.14. The predicted molar refractivity (Wildman–Crippen MR) is 95.7 cm³/mol. The van der Waals surface area contributed by atoms with E-state index in [2.05, 4.69) is 14.5 Å². The van der Waals surface area contributed by atoms with Crippen molar-refractivity contribution in [1.29, 1.82) is 0 Å². The fraction of sp³-hybridized carbons (Fsp3) is 0.353. The number of hydrogen-bond donors (Lipinski definition) is 0. The molecule has 0 spiro atoms. The lowest BCUT2D eigenvalue weighted by Gasteiger charge is -2.28. The number of hydrogen-bond acceptors (Lipinski definition) is 5. The van der Waals surface area contributed by atoms with Crippen LogP contribution in [-0.2, 0) is 13.1 Å². The lowest BCUT2D eigenvalue weighted by molar-refractivity contribution is 0.0707. The number of thiazole rings is 1. The van der Waals surface area contributed by atoms with E-state index in [4.69, 9.17) is 0 Å². The summed E-state index contributed by atoms with van der Waals surface area (Å²) < 4.78 is 3.22. The Labute approximate surface area is 144 Å². The Morgan fingerprint density at radius 2 is 2.12 bits per heavy atom. The molecule has 6 nitrogen and oxygen atoms in total. The second-order valence-corrected chi connectivity index (χ2v) is 7.28. The SMILES string of the molecule is Cc1cnc2n1CCN(C(=O)c1ccc3nc(N(C)C)sc3c1)C2. The van der Waals surface area contributed by atoms with Crippen molar-refractivity contribution in [2.75, 3.05) is 25.5 Å². The lowest BCUT2D eigenvalue weighted by Crippen LogP contribution is -2.38. The fourth-order valence-electron chi connectivity index (χ4n) is 3.01. The first-order valence-corrected chi connectivity index (χ1v) is 8.73. The number of imidazole rings is 1. The molecular weight excluding hydrogens is 322 g/mol. The summed E-state index contributed by atoms with van der Waals surface area (Å²) in [6.07, 6.45) is 1.87. The Hall–Kier alpha value is -2.41. The minimum absolute atomic E-state index is 0.0589. The highest BCUT2D eigenvalue weighted by molar-refractivity contribution is 7.22. The minimum Gasteiger partial charge on any atom is -0.354 e.